The molecule has 14 heavy (non-hydrogen) atoms. The van der Waals surface area contributed by atoms with Gasteiger partial charge in [0.15, 0.2) is 0 Å². The maximum atomic E-state index is 5.95. The third-order valence-electron chi connectivity index (χ3n) is 2.95. The van der Waals surface area contributed by atoms with E-state index in [0.29, 0.717) is 12.0 Å². The van der Waals surface area contributed by atoms with Crippen molar-refractivity contribution in [2.75, 3.05) is 19.6 Å². The van der Waals surface area contributed by atoms with E-state index >= 15 is 0 Å². The van der Waals surface area contributed by atoms with Crippen LogP contribution < -0.4 is 5.73 Å². The van der Waals surface area contributed by atoms with Gasteiger partial charge in [-0.05, 0) is 12.0 Å². The zero-order chi connectivity index (χ0) is 9.97. The normalized spacial score (nSPS) is 28.4. The highest BCUT2D eigenvalue weighted by Crippen LogP contribution is 2.13. The second kappa shape index (κ2) is 4.11. The van der Waals surface area contributed by atoms with E-state index in [1.54, 1.807) is 0 Å². The fourth-order valence-corrected chi connectivity index (χ4v) is 1.95. The zero-order valence-electron chi connectivity index (χ0n) is 8.63. The van der Waals surface area contributed by atoms with Crippen molar-refractivity contribution < 1.29 is 0 Å². The van der Waals surface area contributed by atoms with Gasteiger partial charge < -0.3 is 5.73 Å². The standard InChI is InChI=1S/C10H18N4/c1-9-7-13(8-10(9)11)5-6-14-4-2-3-12-14/h2-4,9-10H,5-8,11H2,1H3. The molecule has 0 saturated carbocycles. The number of nitrogens with zero attached hydrogens (tertiary/aromatic N) is 3. The van der Waals surface area contributed by atoms with Gasteiger partial charge in [0, 0.05) is 38.1 Å². The van der Waals surface area contributed by atoms with E-state index in [1.165, 1.54) is 0 Å². The van der Waals surface area contributed by atoms with Crippen LogP contribution in [-0.2, 0) is 6.54 Å². The lowest BCUT2D eigenvalue weighted by molar-refractivity contribution is 0.305. The van der Waals surface area contributed by atoms with Crippen molar-refractivity contribution in [3.63, 3.8) is 0 Å². The molecule has 1 aromatic rings. The first-order valence-electron chi connectivity index (χ1n) is 5.21. The molecule has 0 spiro atoms. The van der Waals surface area contributed by atoms with E-state index < -0.39 is 0 Å². The van der Waals surface area contributed by atoms with Crippen molar-refractivity contribution in [2.45, 2.75) is 19.5 Å². The zero-order valence-corrected chi connectivity index (χ0v) is 8.63. The number of hydrogen-bond acceptors (Lipinski definition) is 3. The predicted molar refractivity (Wildman–Crippen MR) is 55.8 cm³/mol. The Morgan fingerprint density at radius 2 is 2.29 bits per heavy atom. The van der Waals surface area contributed by atoms with Crippen LogP contribution in [0, 0.1) is 5.92 Å². The van der Waals surface area contributed by atoms with Gasteiger partial charge in [-0.15, -0.1) is 0 Å². The highest BCUT2D eigenvalue weighted by Gasteiger charge is 2.25. The molecular weight excluding hydrogens is 176 g/mol. The number of nitrogens with two attached hydrogens (primary N) is 1. The van der Waals surface area contributed by atoms with Crippen LogP contribution in [0.4, 0.5) is 0 Å². The largest absolute Gasteiger partial charge is 0.326 e. The topological polar surface area (TPSA) is 47.1 Å². The molecule has 78 valence electrons. The fraction of sp³-hybridized carbons (Fsp3) is 0.700. The molecule has 2 unspecified atom stereocenters. The summed E-state index contributed by atoms with van der Waals surface area (Å²) in [5, 5.41) is 4.17. The molecule has 1 aliphatic rings. The van der Waals surface area contributed by atoms with Crippen molar-refractivity contribution in [3.05, 3.63) is 18.5 Å². The summed E-state index contributed by atoms with van der Waals surface area (Å²) in [6.07, 6.45) is 3.82. The molecule has 0 aliphatic carbocycles. The Kier molecular flexibility index (Phi) is 2.84. The summed E-state index contributed by atoms with van der Waals surface area (Å²) < 4.78 is 1.97. The maximum absolute atomic E-state index is 5.95. The Hall–Kier alpha value is -0.870. The molecule has 1 saturated heterocycles. The van der Waals surface area contributed by atoms with Gasteiger partial charge in [-0.25, -0.2) is 0 Å². The monoisotopic (exact) mass is 194 g/mol. The molecule has 2 rings (SSSR count). The minimum atomic E-state index is 0.354. The van der Waals surface area contributed by atoms with Gasteiger partial charge in [0.1, 0.15) is 0 Å². The van der Waals surface area contributed by atoms with Crippen molar-refractivity contribution in [1.29, 1.82) is 0 Å². The molecule has 0 aromatic carbocycles. The average Bonchev–Trinajstić information content (AvgIpc) is 2.74. The Bertz CT molecular complexity index is 260. The lowest BCUT2D eigenvalue weighted by Crippen LogP contribution is -2.30. The van der Waals surface area contributed by atoms with Crippen molar-refractivity contribution in [2.24, 2.45) is 11.7 Å². The van der Waals surface area contributed by atoms with E-state index in [4.69, 9.17) is 5.73 Å². The minimum Gasteiger partial charge on any atom is -0.326 e. The third-order valence-corrected chi connectivity index (χ3v) is 2.95. The highest BCUT2D eigenvalue weighted by atomic mass is 15.3. The van der Waals surface area contributed by atoms with Gasteiger partial charge in [-0.3, -0.25) is 9.58 Å². The van der Waals surface area contributed by atoms with Crippen LogP contribution in [0.25, 0.3) is 0 Å². The molecule has 1 aliphatic heterocycles. The molecular formula is C10H18N4. The first-order chi connectivity index (χ1) is 6.75. The van der Waals surface area contributed by atoms with E-state index in [1.807, 2.05) is 23.1 Å². The van der Waals surface area contributed by atoms with Gasteiger partial charge in [0.25, 0.3) is 0 Å². The van der Waals surface area contributed by atoms with Gasteiger partial charge in [-0.2, -0.15) is 5.10 Å². The van der Waals surface area contributed by atoms with Crippen LogP contribution in [0.3, 0.4) is 0 Å². The summed E-state index contributed by atoms with van der Waals surface area (Å²) in [6, 6.07) is 2.31. The van der Waals surface area contributed by atoms with Gasteiger partial charge in [-0.1, -0.05) is 6.92 Å². The van der Waals surface area contributed by atoms with E-state index in [9.17, 15) is 0 Å². The van der Waals surface area contributed by atoms with Crippen molar-refractivity contribution >= 4 is 0 Å². The molecule has 1 fully saturated rings. The smallest absolute Gasteiger partial charge is 0.0536 e. The van der Waals surface area contributed by atoms with Gasteiger partial charge >= 0.3 is 0 Å². The van der Waals surface area contributed by atoms with E-state index in [2.05, 4.69) is 16.9 Å². The molecule has 0 radical (unpaired) electrons. The van der Waals surface area contributed by atoms with Crippen LogP contribution in [0.2, 0.25) is 0 Å². The van der Waals surface area contributed by atoms with Gasteiger partial charge in [0.2, 0.25) is 0 Å². The molecule has 1 aromatic heterocycles. The number of hydrogen-bond donors (Lipinski definition) is 1. The Morgan fingerprint density at radius 3 is 2.86 bits per heavy atom. The summed E-state index contributed by atoms with van der Waals surface area (Å²) in [5.41, 5.74) is 5.95. The molecule has 4 nitrogen and oxygen atoms in total. The molecule has 2 N–H and O–H groups in total. The first kappa shape index (κ1) is 9.68. The minimum absolute atomic E-state index is 0.354. The molecule has 2 atom stereocenters. The average molecular weight is 194 g/mol. The summed E-state index contributed by atoms with van der Waals surface area (Å²) in [7, 11) is 0. The Morgan fingerprint density at radius 1 is 1.43 bits per heavy atom. The SMILES string of the molecule is CC1CN(CCn2cccn2)CC1N. The summed E-state index contributed by atoms with van der Waals surface area (Å²) in [4.78, 5) is 2.41. The third kappa shape index (κ3) is 2.13. The molecule has 2 heterocycles. The lowest BCUT2D eigenvalue weighted by atomic mass is 10.1. The second-order valence-electron chi connectivity index (χ2n) is 4.17. The molecule has 0 amide bonds. The van der Waals surface area contributed by atoms with Crippen LogP contribution in [-0.4, -0.2) is 40.4 Å². The number of aromatic nitrogens is 2. The Labute approximate surface area is 84.7 Å². The maximum Gasteiger partial charge on any atom is 0.0536 e. The predicted octanol–water partition coefficient (Wildman–Crippen LogP) is 0.162. The summed E-state index contributed by atoms with van der Waals surface area (Å²) >= 11 is 0. The quantitative estimate of drug-likeness (QED) is 0.745. The lowest BCUT2D eigenvalue weighted by Gasteiger charge is -2.14. The Balaban J connectivity index is 1.77. The molecule has 4 heteroatoms. The van der Waals surface area contributed by atoms with Crippen LogP contribution in [0.15, 0.2) is 18.5 Å². The van der Waals surface area contributed by atoms with E-state index in [0.717, 1.165) is 26.2 Å². The fourth-order valence-electron chi connectivity index (χ4n) is 1.95. The van der Waals surface area contributed by atoms with Crippen LogP contribution in [0.5, 0.6) is 0 Å². The number of rotatable bonds is 3. The van der Waals surface area contributed by atoms with E-state index in [-0.39, 0.29) is 0 Å². The van der Waals surface area contributed by atoms with Crippen molar-refractivity contribution in [1.82, 2.24) is 14.7 Å². The summed E-state index contributed by atoms with van der Waals surface area (Å²) in [5.74, 6) is 0.632. The molecule has 0 bridgehead atoms. The number of likely N-dealkylation sites (tertiary alicyclic amines) is 1. The van der Waals surface area contributed by atoms with Crippen LogP contribution >= 0.6 is 0 Å². The summed E-state index contributed by atoms with van der Waals surface area (Å²) in [6.45, 7) is 6.40. The highest BCUT2D eigenvalue weighted by molar-refractivity contribution is 4.84. The first-order valence-corrected chi connectivity index (χ1v) is 5.21. The second-order valence-corrected chi connectivity index (χ2v) is 4.17. The van der Waals surface area contributed by atoms with Crippen molar-refractivity contribution in [3.8, 4) is 0 Å². The van der Waals surface area contributed by atoms with Crippen LogP contribution in [0.1, 0.15) is 6.92 Å². The van der Waals surface area contributed by atoms with Gasteiger partial charge in [0.05, 0.1) is 6.54 Å².